The highest BCUT2D eigenvalue weighted by Crippen LogP contribution is 2.27. The molecule has 0 unspecified atom stereocenters. The molecule has 0 fully saturated rings. The van der Waals surface area contributed by atoms with Gasteiger partial charge in [0, 0.05) is 12.1 Å². The summed E-state index contributed by atoms with van der Waals surface area (Å²) in [5, 5.41) is 3.01. The minimum Gasteiger partial charge on any atom is -0.326 e. The largest absolute Gasteiger partial charge is 0.326 e. The molecule has 1 N–H and O–H groups in total. The molecule has 2 nitrogen and oxygen atoms in total. The quantitative estimate of drug-likeness (QED) is 0.812. The van der Waals surface area contributed by atoms with Gasteiger partial charge in [0.2, 0.25) is 5.91 Å². The topological polar surface area (TPSA) is 29.1 Å². The molecule has 0 spiro atoms. The van der Waals surface area contributed by atoms with Crippen LogP contribution in [-0.4, -0.2) is 5.91 Å². The van der Waals surface area contributed by atoms with Crippen molar-refractivity contribution < 1.29 is 4.79 Å². The third-order valence-electron chi connectivity index (χ3n) is 3.48. The van der Waals surface area contributed by atoms with Crippen LogP contribution in [0.2, 0.25) is 0 Å². The number of unbranched alkanes of at least 4 members (excludes halogenated alkanes) is 1. The summed E-state index contributed by atoms with van der Waals surface area (Å²) < 4.78 is 0. The average molecular weight is 247 g/mol. The molecule has 18 heavy (non-hydrogen) atoms. The molecule has 0 aliphatic heterocycles. The van der Waals surface area contributed by atoms with Gasteiger partial charge in [-0.05, 0) is 48.9 Å². The van der Waals surface area contributed by atoms with Crippen LogP contribution in [-0.2, 0) is 4.79 Å². The normalized spacial score (nSPS) is 10.8. The van der Waals surface area contributed by atoms with Gasteiger partial charge in [-0.25, -0.2) is 0 Å². The molecule has 0 saturated carbocycles. The van der Waals surface area contributed by atoms with Crippen molar-refractivity contribution in [2.24, 2.45) is 0 Å². The van der Waals surface area contributed by atoms with Crippen molar-refractivity contribution in [1.82, 2.24) is 0 Å². The Morgan fingerprint density at radius 1 is 1.22 bits per heavy atom. The van der Waals surface area contributed by atoms with Crippen molar-refractivity contribution in [3.05, 3.63) is 28.8 Å². The van der Waals surface area contributed by atoms with Crippen molar-refractivity contribution in [1.29, 1.82) is 0 Å². The zero-order chi connectivity index (χ0) is 13.7. The van der Waals surface area contributed by atoms with E-state index in [2.05, 4.69) is 46.0 Å². The van der Waals surface area contributed by atoms with E-state index < -0.39 is 0 Å². The molecule has 0 aliphatic carbocycles. The van der Waals surface area contributed by atoms with Gasteiger partial charge >= 0.3 is 0 Å². The van der Waals surface area contributed by atoms with E-state index in [9.17, 15) is 4.79 Å². The molecule has 0 heterocycles. The van der Waals surface area contributed by atoms with Crippen molar-refractivity contribution in [2.45, 2.75) is 59.8 Å². The molecule has 0 saturated heterocycles. The number of hydrogen-bond acceptors (Lipinski definition) is 1. The summed E-state index contributed by atoms with van der Waals surface area (Å²) in [6.45, 7) is 10.7. The lowest BCUT2D eigenvalue weighted by Gasteiger charge is -2.16. The van der Waals surface area contributed by atoms with Crippen LogP contribution in [0, 0.1) is 13.8 Å². The number of nitrogens with one attached hydrogen (secondary N) is 1. The summed E-state index contributed by atoms with van der Waals surface area (Å²) in [5.41, 5.74) is 4.79. The fraction of sp³-hybridized carbons (Fsp3) is 0.562. The van der Waals surface area contributed by atoms with E-state index in [1.807, 2.05) is 6.07 Å². The summed E-state index contributed by atoms with van der Waals surface area (Å²) in [7, 11) is 0. The van der Waals surface area contributed by atoms with Crippen LogP contribution in [0.15, 0.2) is 12.1 Å². The van der Waals surface area contributed by atoms with Gasteiger partial charge in [0.15, 0.2) is 0 Å². The Kier molecular flexibility index (Phi) is 5.39. The van der Waals surface area contributed by atoms with Crippen LogP contribution in [0.3, 0.4) is 0 Å². The Morgan fingerprint density at radius 2 is 1.89 bits per heavy atom. The Bertz CT molecular complexity index is 421. The maximum atomic E-state index is 11.7. The first kappa shape index (κ1) is 14.7. The maximum Gasteiger partial charge on any atom is 0.224 e. The summed E-state index contributed by atoms with van der Waals surface area (Å²) >= 11 is 0. The van der Waals surface area contributed by atoms with E-state index in [1.54, 1.807) is 0 Å². The zero-order valence-electron chi connectivity index (χ0n) is 12.3. The fourth-order valence-electron chi connectivity index (χ4n) is 2.15. The van der Waals surface area contributed by atoms with E-state index >= 15 is 0 Å². The van der Waals surface area contributed by atoms with Crippen molar-refractivity contribution in [2.75, 3.05) is 5.32 Å². The second kappa shape index (κ2) is 6.58. The minimum absolute atomic E-state index is 0.122. The third-order valence-corrected chi connectivity index (χ3v) is 3.48. The third kappa shape index (κ3) is 3.59. The van der Waals surface area contributed by atoms with Gasteiger partial charge in [-0.2, -0.15) is 0 Å². The van der Waals surface area contributed by atoms with Crippen molar-refractivity contribution in [3.8, 4) is 0 Å². The van der Waals surface area contributed by atoms with Gasteiger partial charge < -0.3 is 5.32 Å². The second-order valence-electron chi connectivity index (χ2n) is 5.26. The summed E-state index contributed by atoms with van der Waals surface area (Å²) in [4.78, 5) is 11.7. The van der Waals surface area contributed by atoms with Gasteiger partial charge in [0.1, 0.15) is 0 Å². The van der Waals surface area contributed by atoms with Gasteiger partial charge in [0.05, 0.1) is 0 Å². The lowest BCUT2D eigenvalue weighted by molar-refractivity contribution is -0.116. The molecule has 0 aliphatic rings. The highest BCUT2D eigenvalue weighted by Gasteiger charge is 2.10. The molecule has 1 aromatic rings. The Balaban J connectivity index is 2.85. The number of anilines is 1. The number of rotatable bonds is 5. The number of amides is 1. The molecule has 1 aromatic carbocycles. The second-order valence-corrected chi connectivity index (χ2v) is 5.26. The molecule has 0 bridgehead atoms. The lowest BCUT2D eigenvalue weighted by Crippen LogP contribution is -2.12. The van der Waals surface area contributed by atoms with Crippen molar-refractivity contribution >= 4 is 11.6 Å². The van der Waals surface area contributed by atoms with Crippen LogP contribution in [0.5, 0.6) is 0 Å². The number of benzene rings is 1. The molecule has 100 valence electrons. The average Bonchev–Trinajstić information content (AvgIpc) is 2.32. The van der Waals surface area contributed by atoms with Gasteiger partial charge in [-0.1, -0.05) is 33.3 Å². The molecule has 0 aromatic heterocycles. The molecule has 0 atom stereocenters. The van der Waals surface area contributed by atoms with Crippen molar-refractivity contribution in [3.63, 3.8) is 0 Å². The minimum atomic E-state index is 0.122. The summed E-state index contributed by atoms with van der Waals surface area (Å²) in [6.07, 6.45) is 2.62. The van der Waals surface area contributed by atoms with E-state index in [-0.39, 0.29) is 5.91 Å². The van der Waals surface area contributed by atoms with E-state index in [1.165, 1.54) is 16.7 Å². The van der Waals surface area contributed by atoms with E-state index in [4.69, 9.17) is 0 Å². The van der Waals surface area contributed by atoms with Gasteiger partial charge in [0.25, 0.3) is 0 Å². The monoisotopic (exact) mass is 247 g/mol. The van der Waals surface area contributed by atoms with Crippen LogP contribution < -0.4 is 5.32 Å². The highest BCUT2D eigenvalue weighted by atomic mass is 16.1. The first-order valence-corrected chi connectivity index (χ1v) is 6.87. The Hall–Kier alpha value is -1.31. The SMILES string of the molecule is CCCCC(=O)Nc1ccc(C(C)C)c(C)c1C. The predicted octanol–water partition coefficient (Wildman–Crippen LogP) is 4.56. The maximum absolute atomic E-state index is 11.7. The summed E-state index contributed by atoms with van der Waals surface area (Å²) in [5.74, 6) is 0.644. The molecule has 1 rings (SSSR count). The number of carbonyl (C=O) groups is 1. The molecular weight excluding hydrogens is 222 g/mol. The van der Waals surface area contributed by atoms with Crippen LogP contribution in [0.1, 0.15) is 62.6 Å². The smallest absolute Gasteiger partial charge is 0.224 e. The fourth-order valence-corrected chi connectivity index (χ4v) is 2.15. The molecule has 1 amide bonds. The first-order chi connectivity index (χ1) is 8.47. The van der Waals surface area contributed by atoms with Crippen LogP contribution in [0.4, 0.5) is 5.69 Å². The van der Waals surface area contributed by atoms with Gasteiger partial charge in [-0.3, -0.25) is 4.79 Å². The lowest BCUT2D eigenvalue weighted by atomic mass is 9.94. The number of hydrogen-bond donors (Lipinski definition) is 1. The zero-order valence-corrected chi connectivity index (χ0v) is 12.3. The van der Waals surface area contributed by atoms with E-state index in [0.717, 1.165) is 18.5 Å². The van der Waals surface area contributed by atoms with Crippen LogP contribution >= 0.6 is 0 Å². The molecular formula is C16H25NO. The molecule has 2 heteroatoms. The summed E-state index contributed by atoms with van der Waals surface area (Å²) in [6, 6.07) is 4.16. The first-order valence-electron chi connectivity index (χ1n) is 6.87. The Morgan fingerprint density at radius 3 is 2.44 bits per heavy atom. The predicted molar refractivity (Wildman–Crippen MR) is 78.2 cm³/mol. The van der Waals surface area contributed by atoms with Crippen LogP contribution in [0.25, 0.3) is 0 Å². The van der Waals surface area contributed by atoms with Gasteiger partial charge in [-0.15, -0.1) is 0 Å². The van der Waals surface area contributed by atoms with E-state index in [0.29, 0.717) is 12.3 Å². The molecule has 0 radical (unpaired) electrons. The standard InChI is InChI=1S/C16H25NO/c1-6-7-8-16(18)17-15-10-9-14(11(2)3)12(4)13(15)5/h9-11H,6-8H2,1-5H3,(H,17,18). The Labute approximate surface area is 111 Å². The highest BCUT2D eigenvalue weighted by molar-refractivity contribution is 5.91. The number of carbonyl (C=O) groups excluding carboxylic acids is 1.